The van der Waals surface area contributed by atoms with Gasteiger partial charge in [0.2, 0.25) is 0 Å². The average Bonchev–Trinajstić information content (AvgIpc) is 2.13. The predicted octanol–water partition coefficient (Wildman–Crippen LogP) is 2.45. The highest BCUT2D eigenvalue weighted by molar-refractivity contribution is 5.94. The lowest BCUT2D eigenvalue weighted by Crippen LogP contribution is -2.40. The largest absolute Gasteiger partial charge is 0.508 e. The molecule has 1 aromatic rings. The number of amides is 1. The number of halogens is 1. The maximum Gasteiger partial charge on any atom is 0.254 e. The van der Waals surface area contributed by atoms with Crippen LogP contribution in [-0.2, 0) is 0 Å². The van der Waals surface area contributed by atoms with Crippen molar-refractivity contribution in [1.29, 1.82) is 0 Å². The summed E-state index contributed by atoms with van der Waals surface area (Å²) in [5.74, 6) is -0.768. The van der Waals surface area contributed by atoms with Crippen molar-refractivity contribution in [3.8, 4) is 5.75 Å². The third-order valence-electron chi connectivity index (χ3n) is 3.41. The number of carbonyl (C=O) groups is 1. The molecule has 0 bridgehead atoms. The summed E-state index contributed by atoms with van der Waals surface area (Å²) in [6, 6.07) is 3.63. The van der Waals surface area contributed by atoms with Gasteiger partial charge in [-0.05, 0) is 37.8 Å². The van der Waals surface area contributed by atoms with Crippen molar-refractivity contribution in [3.63, 3.8) is 0 Å². The van der Waals surface area contributed by atoms with Crippen LogP contribution in [0.1, 0.15) is 36.5 Å². The summed E-state index contributed by atoms with van der Waals surface area (Å²) < 4.78 is 13.4. The molecular weight excluding hydrogens is 221 g/mol. The summed E-state index contributed by atoms with van der Waals surface area (Å²) in [5, 5.41) is 11.9. The standard InChI is InChI=1S/C13H16FNO2/c1-8(9-3-2-4-9)15-13(17)11-6-5-10(16)7-12(11)14/h5-9,16H,2-4H2,1H3,(H,15,17)/t8-/m0/s1. The predicted molar refractivity (Wildman–Crippen MR) is 62.3 cm³/mol. The summed E-state index contributed by atoms with van der Waals surface area (Å²) in [5.41, 5.74) is -0.0195. The fourth-order valence-corrected chi connectivity index (χ4v) is 2.03. The van der Waals surface area contributed by atoms with E-state index in [2.05, 4.69) is 5.32 Å². The summed E-state index contributed by atoms with van der Waals surface area (Å²) in [4.78, 5) is 11.8. The molecule has 1 saturated carbocycles. The Kier molecular flexibility index (Phi) is 3.31. The number of aromatic hydroxyl groups is 1. The highest BCUT2D eigenvalue weighted by Gasteiger charge is 2.25. The second-order valence-electron chi connectivity index (χ2n) is 4.62. The molecule has 1 atom stereocenters. The topological polar surface area (TPSA) is 49.3 Å². The Balaban J connectivity index is 2.03. The van der Waals surface area contributed by atoms with E-state index in [4.69, 9.17) is 5.11 Å². The lowest BCUT2D eigenvalue weighted by Gasteiger charge is -2.31. The van der Waals surface area contributed by atoms with Crippen LogP contribution in [-0.4, -0.2) is 17.1 Å². The van der Waals surface area contributed by atoms with E-state index in [1.807, 2.05) is 6.92 Å². The molecule has 17 heavy (non-hydrogen) atoms. The first-order chi connectivity index (χ1) is 8.08. The first kappa shape index (κ1) is 11.9. The van der Waals surface area contributed by atoms with Crippen LogP contribution >= 0.6 is 0 Å². The van der Waals surface area contributed by atoms with Crippen LogP contribution in [0.2, 0.25) is 0 Å². The molecule has 1 aliphatic rings. The Morgan fingerprint density at radius 2 is 2.24 bits per heavy atom. The highest BCUT2D eigenvalue weighted by Crippen LogP contribution is 2.29. The van der Waals surface area contributed by atoms with Gasteiger partial charge in [-0.25, -0.2) is 4.39 Å². The quantitative estimate of drug-likeness (QED) is 0.848. The van der Waals surface area contributed by atoms with E-state index in [-0.39, 0.29) is 17.4 Å². The SMILES string of the molecule is C[C@H](NC(=O)c1ccc(O)cc1F)C1CCC1. The zero-order chi connectivity index (χ0) is 12.4. The maximum atomic E-state index is 13.4. The van der Waals surface area contributed by atoms with Crippen LogP contribution in [0.4, 0.5) is 4.39 Å². The zero-order valence-corrected chi connectivity index (χ0v) is 9.74. The van der Waals surface area contributed by atoms with Gasteiger partial charge in [-0.3, -0.25) is 4.79 Å². The van der Waals surface area contributed by atoms with Crippen LogP contribution < -0.4 is 5.32 Å². The number of carbonyl (C=O) groups excluding carboxylic acids is 1. The van der Waals surface area contributed by atoms with E-state index in [1.54, 1.807) is 0 Å². The molecule has 0 unspecified atom stereocenters. The second-order valence-corrected chi connectivity index (χ2v) is 4.62. The van der Waals surface area contributed by atoms with Crippen molar-refractivity contribution in [2.75, 3.05) is 0 Å². The van der Waals surface area contributed by atoms with Crippen LogP contribution in [0.5, 0.6) is 5.75 Å². The number of phenolic OH excluding ortho intramolecular Hbond substituents is 1. The third-order valence-corrected chi connectivity index (χ3v) is 3.41. The average molecular weight is 237 g/mol. The lowest BCUT2D eigenvalue weighted by atomic mass is 9.80. The van der Waals surface area contributed by atoms with E-state index in [0.717, 1.165) is 18.9 Å². The Morgan fingerprint density at radius 3 is 2.76 bits per heavy atom. The van der Waals surface area contributed by atoms with Gasteiger partial charge in [-0.2, -0.15) is 0 Å². The van der Waals surface area contributed by atoms with Crippen molar-refractivity contribution in [2.24, 2.45) is 5.92 Å². The highest BCUT2D eigenvalue weighted by atomic mass is 19.1. The third kappa shape index (κ3) is 2.57. The summed E-state index contributed by atoms with van der Waals surface area (Å²) in [6.45, 7) is 1.94. The number of phenols is 1. The number of rotatable bonds is 3. The molecular formula is C13H16FNO2. The van der Waals surface area contributed by atoms with Gasteiger partial charge in [-0.1, -0.05) is 6.42 Å². The Labute approximate surface area is 99.7 Å². The molecule has 0 radical (unpaired) electrons. The molecule has 0 heterocycles. The van der Waals surface area contributed by atoms with Gasteiger partial charge >= 0.3 is 0 Å². The van der Waals surface area contributed by atoms with Gasteiger partial charge in [0.05, 0.1) is 5.56 Å². The van der Waals surface area contributed by atoms with Gasteiger partial charge in [-0.15, -0.1) is 0 Å². The molecule has 3 nitrogen and oxygen atoms in total. The van der Waals surface area contributed by atoms with E-state index in [1.165, 1.54) is 18.6 Å². The van der Waals surface area contributed by atoms with Crippen molar-refractivity contribution in [2.45, 2.75) is 32.2 Å². The molecule has 0 aliphatic heterocycles. The molecule has 4 heteroatoms. The van der Waals surface area contributed by atoms with E-state index in [0.29, 0.717) is 5.92 Å². The maximum absolute atomic E-state index is 13.4. The summed E-state index contributed by atoms with van der Waals surface area (Å²) in [6.07, 6.45) is 3.46. The van der Waals surface area contributed by atoms with Gasteiger partial charge < -0.3 is 10.4 Å². The minimum absolute atomic E-state index is 0.0195. The molecule has 1 amide bonds. The number of hydrogen-bond acceptors (Lipinski definition) is 2. The smallest absolute Gasteiger partial charge is 0.254 e. The van der Waals surface area contributed by atoms with Crippen molar-refractivity contribution >= 4 is 5.91 Å². The molecule has 2 N–H and O–H groups in total. The van der Waals surface area contributed by atoms with Crippen LogP contribution in [0, 0.1) is 11.7 Å². The lowest BCUT2D eigenvalue weighted by molar-refractivity contribution is 0.0905. The van der Waals surface area contributed by atoms with Gasteiger partial charge in [0.25, 0.3) is 5.91 Å². The normalized spacial score (nSPS) is 17.3. The molecule has 1 aromatic carbocycles. The Hall–Kier alpha value is -1.58. The van der Waals surface area contributed by atoms with Crippen LogP contribution in [0.15, 0.2) is 18.2 Å². The first-order valence-corrected chi connectivity index (χ1v) is 5.87. The summed E-state index contributed by atoms with van der Waals surface area (Å²) in [7, 11) is 0. The molecule has 0 aromatic heterocycles. The fourth-order valence-electron chi connectivity index (χ4n) is 2.03. The number of hydrogen-bond donors (Lipinski definition) is 2. The van der Waals surface area contributed by atoms with Gasteiger partial charge in [0.1, 0.15) is 11.6 Å². The van der Waals surface area contributed by atoms with Gasteiger partial charge in [0.15, 0.2) is 0 Å². The minimum Gasteiger partial charge on any atom is -0.508 e. The van der Waals surface area contributed by atoms with E-state index >= 15 is 0 Å². The van der Waals surface area contributed by atoms with Crippen LogP contribution in [0.3, 0.4) is 0 Å². The second kappa shape index (κ2) is 4.73. The zero-order valence-electron chi connectivity index (χ0n) is 9.74. The molecule has 0 spiro atoms. The van der Waals surface area contributed by atoms with Gasteiger partial charge in [0, 0.05) is 12.1 Å². The van der Waals surface area contributed by atoms with Crippen molar-refractivity contribution in [3.05, 3.63) is 29.6 Å². The fraction of sp³-hybridized carbons (Fsp3) is 0.462. The summed E-state index contributed by atoms with van der Waals surface area (Å²) >= 11 is 0. The Morgan fingerprint density at radius 1 is 1.53 bits per heavy atom. The number of nitrogens with one attached hydrogen (secondary N) is 1. The first-order valence-electron chi connectivity index (χ1n) is 5.87. The molecule has 1 fully saturated rings. The van der Waals surface area contributed by atoms with E-state index < -0.39 is 11.7 Å². The van der Waals surface area contributed by atoms with Crippen molar-refractivity contribution < 1.29 is 14.3 Å². The molecule has 2 rings (SSSR count). The molecule has 0 saturated heterocycles. The minimum atomic E-state index is -0.691. The van der Waals surface area contributed by atoms with Crippen LogP contribution in [0.25, 0.3) is 0 Å². The number of benzene rings is 1. The molecule has 1 aliphatic carbocycles. The molecule has 92 valence electrons. The monoisotopic (exact) mass is 237 g/mol. The van der Waals surface area contributed by atoms with Crippen molar-refractivity contribution in [1.82, 2.24) is 5.32 Å². The van der Waals surface area contributed by atoms with E-state index in [9.17, 15) is 9.18 Å². The Bertz CT molecular complexity index is 429.